The molecule has 0 saturated carbocycles. The molecule has 7 heteroatoms. The lowest BCUT2D eigenvalue weighted by Crippen LogP contribution is -2.35. The van der Waals surface area contributed by atoms with Gasteiger partial charge in [0.1, 0.15) is 0 Å². The third kappa shape index (κ3) is 2.56. The number of carbonyl (C=O) groups excluding carboxylic acids is 1. The summed E-state index contributed by atoms with van der Waals surface area (Å²) in [5.74, 6) is -0.0290. The first-order valence-electron chi connectivity index (χ1n) is 7.05. The monoisotopic (exact) mass is 312 g/mol. The highest BCUT2D eigenvalue weighted by atomic mass is 32.3. The van der Waals surface area contributed by atoms with Gasteiger partial charge in [0.15, 0.2) is 0 Å². The standard InChI is InChI=1S/C14H20N2O4S/c1-20-14(17)10-8-12-11(4-5-15-12)13(9-10)16-6-2-3-7-21(16,18)19/h8-9,15,18-19H,2-7H2,1H3. The Morgan fingerprint density at radius 2 is 2.19 bits per heavy atom. The number of rotatable bonds is 2. The summed E-state index contributed by atoms with van der Waals surface area (Å²) >= 11 is 0. The summed E-state index contributed by atoms with van der Waals surface area (Å²) in [6.45, 7) is 1.39. The molecule has 1 fully saturated rings. The molecule has 21 heavy (non-hydrogen) atoms. The molecule has 0 radical (unpaired) electrons. The number of fused-ring (bicyclic) bond motifs is 1. The van der Waals surface area contributed by atoms with Crippen LogP contribution in [0.1, 0.15) is 28.8 Å². The van der Waals surface area contributed by atoms with Crippen LogP contribution in [0.5, 0.6) is 0 Å². The van der Waals surface area contributed by atoms with E-state index >= 15 is 0 Å². The van der Waals surface area contributed by atoms with E-state index in [0.717, 1.165) is 42.7 Å². The van der Waals surface area contributed by atoms with Crippen molar-refractivity contribution in [3.8, 4) is 0 Å². The fourth-order valence-electron chi connectivity index (χ4n) is 2.94. The molecule has 1 aromatic rings. The predicted molar refractivity (Wildman–Crippen MR) is 84.3 cm³/mol. The van der Waals surface area contributed by atoms with Gasteiger partial charge in [-0.05, 0) is 31.4 Å². The van der Waals surface area contributed by atoms with Crippen molar-refractivity contribution in [2.45, 2.75) is 19.3 Å². The van der Waals surface area contributed by atoms with E-state index in [-0.39, 0.29) is 0 Å². The molecule has 2 aliphatic heterocycles. The first-order chi connectivity index (χ1) is 10.0. The van der Waals surface area contributed by atoms with Crippen LogP contribution in [0.25, 0.3) is 0 Å². The smallest absolute Gasteiger partial charge is 0.337 e. The predicted octanol–water partition coefficient (Wildman–Crippen LogP) is 2.71. The number of methoxy groups -OCH3 is 1. The molecule has 2 heterocycles. The van der Waals surface area contributed by atoms with Crippen molar-refractivity contribution in [1.29, 1.82) is 0 Å². The SMILES string of the molecule is COC(=O)c1cc2c(c(N3CCCCS3(O)O)c1)CCN2. The Balaban J connectivity index is 2.08. The van der Waals surface area contributed by atoms with E-state index in [2.05, 4.69) is 5.32 Å². The van der Waals surface area contributed by atoms with Crippen LogP contribution in [0, 0.1) is 0 Å². The molecular formula is C14H20N2O4S. The lowest BCUT2D eigenvalue weighted by Gasteiger charge is -2.48. The summed E-state index contributed by atoms with van der Waals surface area (Å²) in [5, 5.41) is 3.24. The van der Waals surface area contributed by atoms with E-state index in [1.165, 1.54) is 7.11 Å². The van der Waals surface area contributed by atoms with Gasteiger partial charge in [-0.15, -0.1) is 10.8 Å². The molecule has 1 aromatic carbocycles. The van der Waals surface area contributed by atoms with Crippen LogP contribution in [0.3, 0.4) is 0 Å². The molecule has 1 saturated heterocycles. The maximum atomic E-state index is 11.8. The van der Waals surface area contributed by atoms with E-state index in [1.807, 2.05) is 0 Å². The molecule has 0 bridgehead atoms. The number of benzene rings is 1. The topological polar surface area (TPSA) is 82.0 Å². The number of anilines is 2. The third-order valence-corrected chi connectivity index (χ3v) is 5.91. The van der Waals surface area contributed by atoms with E-state index in [4.69, 9.17) is 4.74 Å². The van der Waals surface area contributed by atoms with Crippen LogP contribution in [0.15, 0.2) is 12.1 Å². The van der Waals surface area contributed by atoms with Crippen LogP contribution in [-0.2, 0) is 11.2 Å². The summed E-state index contributed by atoms with van der Waals surface area (Å²) in [6.07, 6.45) is 2.55. The fourth-order valence-corrected chi connectivity index (χ4v) is 4.65. The first-order valence-corrected chi connectivity index (χ1v) is 8.73. The van der Waals surface area contributed by atoms with Crippen LogP contribution in [-0.4, -0.2) is 41.0 Å². The summed E-state index contributed by atoms with van der Waals surface area (Å²) < 4.78 is 27.1. The zero-order valence-corrected chi connectivity index (χ0v) is 12.8. The summed E-state index contributed by atoms with van der Waals surface area (Å²) in [5.41, 5.74) is 3.11. The van der Waals surface area contributed by atoms with Gasteiger partial charge in [0.25, 0.3) is 0 Å². The average Bonchev–Trinajstić information content (AvgIpc) is 2.93. The van der Waals surface area contributed by atoms with Crippen molar-refractivity contribution in [1.82, 2.24) is 0 Å². The van der Waals surface area contributed by atoms with Crippen LogP contribution >= 0.6 is 10.8 Å². The molecule has 3 rings (SSSR count). The number of carbonyl (C=O) groups is 1. The lowest BCUT2D eigenvalue weighted by molar-refractivity contribution is 0.0601. The molecule has 0 amide bonds. The average molecular weight is 312 g/mol. The number of ether oxygens (including phenoxy) is 1. The molecule has 116 valence electrons. The van der Waals surface area contributed by atoms with Gasteiger partial charge >= 0.3 is 5.97 Å². The molecule has 2 aliphatic rings. The highest BCUT2D eigenvalue weighted by molar-refractivity contribution is 8.25. The number of esters is 1. The zero-order valence-electron chi connectivity index (χ0n) is 12.0. The van der Waals surface area contributed by atoms with Gasteiger partial charge in [-0.25, -0.2) is 4.79 Å². The van der Waals surface area contributed by atoms with Gasteiger partial charge in [-0.3, -0.25) is 13.4 Å². The lowest BCUT2D eigenvalue weighted by atomic mass is 10.1. The van der Waals surface area contributed by atoms with Gasteiger partial charge in [0, 0.05) is 24.3 Å². The van der Waals surface area contributed by atoms with Crippen molar-refractivity contribution in [3.05, 3.63) is 23.3 Å². The maximum Gasteiger partial charge on any atom is 0.337 e. The minimum Gasteiger partial charge on any atom is -0.465 e. The second kappa shape index (κ2) is 5.40. The van der Waals surface area contributed by atoms with Crippen molar-refractivity contribution in [3.63, 3.8) is 0 Å². The molecule has 0 aromatic heterocycles. The fraction of sp³-hybridized carbons (Fsp3) is 0.500. The van der Waals surface area contributed by atoms with Crippen LogP contribution in [0.4, 0.5) is 11.4 Å². The highest BCUT2D eigenvalue weighted by Crippen LogP contribution is 2.51. The van der Waals surface area contributed by atoms with Gasteiger partial charge < -0.3 is 10.1 Å². The highest BCUT2D eigenvalue weighted by Gasteiger charge is 2.31. The Kier molecular flexibility index (Phi) is 3.73. The van der Waals surface area contributed by atoms with Crippen LogP contribution < -0.4 is 9.62 Å². The molecule has 0 atom stereocenters. The number of hydrogen-bond donors (Lipinski definition) is 3. The Bertz CT molecular complexity index is 576. The first kappa shape index (κ1) is 14.5. The molecule has 0 spiro atoms. The quantitative estimate of drug-likeness (QED) is 0.728. The Labute approximate surface area is 125 Å². The van der Waals surface area contributed by atoms with E-state index in [0.29, 0.717) is 17.9 Å². The second-order valence-electron chi connectivity index (χ2n) is 5.34. The normalized spacial score (nSPS) is 21.4. The second-order valence-corrected chi connectivity index (χ2v) is 7.45. The molecule has 6 nitrogen and oxygen atoms in total. The maximum absolute atomic E-state index is 11.8. The Morgan fingerprint density at radius 1 is 1.38 bits per heavy atom. The molecule has 0 unspecified atom stereocenters. The third-order valence-electron chi connectivity index (χ3n) is 3.99. The number of hydrogen-bond acceptors (Lipinski definition) is 6. The van der Waals surface area contributed by atoms with Gasteiger partial charge in [-0.1, -0.05) is 0 Å². The summed E-state index contributed by atoms with van der Waals surface area (Å²) in [7, 11) is -1.45. The number of nitrogens with one attached hydrogen (secondary N) is 1. The van der Waals surface area contributed by atoms with E-state index in [9.17, 15) is 13.9 Å². The minimum atomic E-state index is -2.79. The minimum absolute atomic E-state index is 0.387. The van der Waals surface area contributed by atoms with Gasteiger partial charge in [0.2, 0.25) is 0 Å². The zero-order chi connectivity index (χ0) is 15.0. The van der Waals surface area contributed by atoms with E-state index in [1.54, 1.807) is 16.4 Å². The molecular weight excluding hydrogens is 292 g/mol. The van der Waals surface area contributed by atoms with Crippen molar-refractivity contribution in [2.24, 2.45) is 0 Å². The molecule has 3 N–H and O–H groups in total. The van der Waals surface area contributed by atoms with Gasteiger partial charge in [-0.2, -0.15) is 0 Å². The molecule has 0 aliphatic carbocycles. The van der Waals surface area contributed by atoms with Crippen LogP contribution in [0.2, 0.25) is 0 Å². The number of nitrogens with zero attached hydrogens (tertiary/aromatic N) is 1. The van der Waals surface area contributed by atoms with Crippen molar-refractivity contribution < 1.29 is 18.6 Å². The summed E-state index contributed by atoms with van der Waals surface area (Å²) in [4.78, 5) is 11.8. The summed E-state index contributed by atoms with van der Waals surface area (Å²) in [6, 6.07) is 3.49. The largest absolute Gasteiger partial charge is 0.465 e. The van der Waals surface area contributed by atoms with E-state index < -0.39 is 16.7 Å². The Hall–Kier alpha value is -1.44. The Morgan fingerprint density at radius 3 is 2.90 bits per heavy atom. The van der Waals surface area contributed by atoms with Gasteiger partial charge in [0.05, 0.1) is 24.1 Å². The van der Waals surface area contributed by atoms with Crippen molar-refractivity contribution in [2.75, 3.05) is 35.6 Å². The van der Waals surface area contributed by atoms with Crippen molar-refractivity contribution >= 4 is 28.1 Å².